The Morgan fingerprint density at radius 1 is 1.26 bits per heavy atom. The maximum atomic E-state index is 12.9. The van der Waals surface area contributed by atoms with Crippen LogP contribution in [0.5, 0.6) is 0 Å². The van der Waals surface area contributed by atoms with Crippen molar-refractivity contribution in [3.63, 3.8) is 0 Å². The first kappa shape index (κ1) is 22.7. The number of hydrogen-bond acceptors (Lipinski definition) is 4. The van der Waals surface area contributed by atoms with Gasteiger partial charge in [-0.3, -0.25) is 14.5 Å². The van der Waals surface area contributed by atoms with E-state index in [0.29, 0.717) is 0 Å². The number of halogens is 4. The summed E-state index contributed by atoms with van der Waals surface area (Å²) in [7, 11) is 1.50. The van der Waals surface area contributed by atoms with E-state index in [2.05, 4.69) is 5.32 Å². The van der Waals surface area contributed by atoms with Gasteiger partial charge in [0.25, 0.3) is 0 Å². The van der Waals surface area contributed by atoms with Gasteiger partial charge in [0.1, 0.15) is 6.54 Å². The van der Waals surface area contributed by atoms with Crippen molar-refractivity contribution in [1.29, 1.82) is 0 Å². The zero-order valence-corrected chi connectivity index (χ0v) is 15.3. The lowest BCUT2D eigenvalue weighted by molar-refractivity contribution is -0.137. The summed E-state index contributed by atoms with van der Waals surface area (Å²) < 4.78 is 38.6. The average molecular weight is 409 g/mol. The van der Waals surface area contributed by atoms with Crippen LogP contribution in [-0.4, -0.2) is 47.8 Å². The van der Waals surface area contributed by atoms with Crippen LogP contribution in [0, 0.1) is 0 Å². The van der Waals surface area contributed by atoms with Crippen molar-refractivity contribution < 1.29 is 27.6 Å². The number of imide groups is 1. The quantitative estimate of drug-likeness (QED) is 0.705. The minimum absolute atomic E-state index is 0. The van der Waals surface area contributed by atoms with E-state index in [0.717, 1.165) is 17.0 Å². The van der Waals surface area contributed by atoms with Gasteiger partial charge >= 0.3 is 12.2 Å². The molecule has 2 rings (SSSR count). The largest absolute Gasteiger partial charge is 0.416 e. The van der Waals surface area contributed by atoms with E-state index in [9.17, 15) is 27.6 Å². The van der Waals surface area contributed by atoms with Gasteiger partial charge in [-0.1, -0.05) is 0 Å². The average Bonchev–Trinajstić information content (AvgIpc) is 2.79. The summed E-state index contributed by atoms with van der Waals surface area (Å²) in [6.07, 6.45) is -4.39. The van der Waals surface area contributed by atoms with Crippen LogP contribution in [0.3, 0.4) is 0 Å². The molecule has 1 saturated heterocycles. The van der Waals surface area contributed by atoms with Crippen LogP contribution in [0.1, 0.15) is 24.0 Å². The van der Waals surface area contributed by atoms with Crippen LogP contribution in [0.25, 0.3) is 0 Å². The molecular weight excluding hydrogens is 389 g/mol. The van der Waals surface area contributed by atoms with Crippen molar-refractivity contribution in [2.45, 2.75) is 25.6 Å². The molecule has 0 atom stereocenters. The lowest BCUT2D eigenvalue weighted by Crippen LogP contribution is -2.32. The first-order valence-corrected chi connectivity index (χ1v) is 7.88. The Labute approximate surface area is 160 Å². The first-order valence-electron chi connectivity index (χ1n) is 7.88. The van der Waals surface area contributed by atoms with Crippen LogP contribution in [-0.2, 0) is 22.3 Å². The van der Waals surface area contributed by atoms with Gasteiger partial charge in [0, 0.05) is 32.2 Å². The van der Waals surface area contributed by atoms with Crippen LogP contribution in [0.2, 0.25) is 0 Å². The number of benzene rings is 1. The Morgan fingerprint density at radius 2 is 1.93 bits per heavy atom. The minimum Gasteiger partial charge on any atom is -0.326 e. The van der Waals surface area contributed by atoms with Gasteiger partial charge in [-0.05, 0) is 30.2 Å². The van der Waals surface area contributed by atoms with Crippen molar-refractivity contribution in [3.8, 4) is 0 Å². The monoisotopic (exact) mass is 408 g/mol. The summed E-state index contributed by atoms with van der Waals surface area (Å²) in [5.74, 6) is -0.858. The third kappa shape index (κ3) is 5.83. The number of nitrogens with zero attached hydrogens (tertiary/aromatic N) is 2. The molecule has 27 heavy (non-hydrogen) atoms. The highest BCUT2D eigenvalue weighted by Gasteiger charge is 2.33. The lowest BCUT2D eigenvalue weighted by Gasteiger charge is -2.14. The third-order valence-corrected chi connectivity index (χ3v) is 3.86. The van der Waals surface area contributed by atoms with Crippen LogP contribution >= 0.6 is 12.4 Å². The molecule has 3 N–H and O–H groups in total. The van der Waals surface area contributed by atoms with E-state index in [1.54, 1.807) is 0 Å². The van der Waals surface area contributed by atoms with Crippen molar-refractivity contribution in [1.82, 2.24) is 9.80 Å². The predicted molar refractivity (Wildman–Crippen MR) is 94.2 cm³/mol. The number of likely N-dealkylation sites (N-methyl/N-ethyl adjacent to an activating group) is 1. The van der Waals surface area contributed by atoms with Gasteiger partial charge in [-0.25, -0.2) is 4.79 Å². The molecule has 0 aromatic heterocycles. The predicted octanol–water partition coefficient (Wildman–Crippen LogP) is 2.20. The number of hydrogen-bond donors (Lipinski definition) is 2. The highest BCUT2D eigenvalue weighted by Crippen LogP contribution is 2.32. The van der Waals surface area contributed by atoms with E-state index in [1.165, 1.54) is 18.0 Å². The molecule has 0 spiro atoms. The molecule has 4 amide bonds. The maximum absolute atomic E-state index is 12.9. The molecule has 0 aliphatic carbocycles. The number of anilines is 1. The van der Waals surface area contributed by atoms with Crippen molar-refractivity contribution >= 4 is 35.9 Å². The smallest absolute Gasteiger partial charge is 0.326 e. The molecule has 1 aliphatic rings. The van der Waals surface area contributed by atoms with Gasteiger partial charge in [0.2, 0.25) is 11.8 Å². The highest BCUT2D eigenvalue weighted by atomic mass is 35.5. The van der Waals surface area contributed by atoms with Crippen LogP contribution in [0.4, 0.5) is 23.7 Å². The Kier molecular flexibility index (Phi) is 7.61. The molecule has 1 heterocycles. The van der Waals surface area contributed by atoms with Gasteiger partial charge in [0.05, 0.1) is 5.56 Å². The minimum atomic E-state index is -4.55. The topological polar surface area (TPSA) is 95.7 Å². The van der Waals surface area contributed by atoms with Crippen LogP contribution < -0.4 is 11.1 Å². The number of carbonyl (C=O) groups excluding carboxylic acids is 3. The summed E-state index contributed by atoms with van der Waals surface area (Å²) in [6.45, 7) is -0.0251. The fraction of sp³-hybridized carbons (Fsp3) is 0.438. The lowest BCUT2D eigenvalue weighted by atomic mass is 10.1. The molecule has 0 bridgehead atoms. The van der Waals surface area contributed by atoms with Crippen molar-refractivity contribution in [2.24, 2.45) is 5.73 Å². The van der Waals surface area contributed by atoms with E-state index in [-0.39, 0.29) is 62.0 Å². The van der Waals surface area contributed by atoms with Gasteiger partial charge in [0.15, 0.2) is 0 Å². The summed E-state index contributed by atoms with van der Waals surface area (Å²) >= 11 is 0. The number of nitrogens with one attached hydrogen (secondary N) is 1. The standard InChI is InChI=1S/C16H19F3N4O3.ClH/c1-22-9-14(25)23(15(22)26)4-2-3-13(24)21-12-6-10(8-20)5-11(7-12)16(17,18)19;/h5-7H,2-4,8-9,20H2,1H3,(H,21,24);1H. The molecule has 1 aromatic carbocycles. The molecule has 150 valence electrons. The Bertz CT molecular complexity index is 727. The summed E-state index contributed by atoms with van der Waals surface area (Å²) in [5, 5.41) is 2.39. The number of amides is 4. The van der Waals surface area contributed by atoms with Crippen molar-refractivity contribution in [3.05, 3.63) is 29.3 Å². The zero-order chi connectivity index (χ0) is 19.5. The Hall–Kier alpha value is -2.33. The van der Waals surface area contributed by atoms with E-state index in [1.807, 2.05) is 0 Å². The maximum Gasteiger partial charge on any atom is 0.416 e. The van der Waals surface area contributed by atoms with E-state index in [4.69, 9.17) is 5.73 Å². The molecule has 0 radical (unpaired) electrons. The number of alkyl halides is 3. The second-order valence-electron chi connectivity index (χ2n) is 5.96. The molecule has 7 nitrogen and oxygen atoms in total. The molecule has 11 heteroatoms. The second-order valence-corrected chi connectivity index (χ2v) is 5.96. The van der Waals surface area contributed by atoms with E-state index >= 15 is 0 Å². The molecule has 1 aliphatic heterocycles. The normalized spacial score (nSPS) is 14.4. The molecule has 0 saturated carbocycles. The molecule has 1 aromatic rings. The number of carbonyl (C=O) groups is 3. The number of rotatable bonds is 6. The molecule has 0 unspecified atom stereocenters. The number of urea groups is 1. The van der Waals surface area contributed by atoms with E-state index < -0.39 is 23.7 Å². The summed E-state index contributed by atoms with van der Waals surface area (Å²) in [6, 6.07) is 2.70. The third-order valence-electron chi connectivity index (χ3n) is 3.86. The molecule has 1 fully saturated rings. The second kappa shape index (κ2) is 9.05. The fourth-order valence-electron chi connectivity index (χ4n) is 2.56. The Balaban J connectivity index is 0.00000364. The SMILES string of the molecule is CN1CC(=O)N(CCCC(=O)Nc2cc(CN)cc(C(F)(F)F)c2)C1=O.Cl. The fourth-order valence-corrected chi connectivity index (χ4v) is 2.56. The summed E-state index contributed by atoms with van der Waals surface area (Å²) in [5.41, 5.74) is 4.74. The van der Waals surface area contributed by atoms with Gasteiger partial charge in [-0.2, -0.15) is 13.2 Å². The van der Waals surface area contributed by atoms with Gasteiger partial charge < -0.3 is 16.0 Å². The number of nitrogens with two attached hydrogens (primary N) is 1. The van der Waals surface area contributed by atoms with Gasteiger partial charge in [-0.15, -0.1) is 12.4 Å². The van der Waals surface area contributed by atoms with Crippen molar-refractivity contribution in [2.75, 3.05) is 25.5 Å². The highest BCUT2D eigenvalue weighted by molar-refractivity contribution is 6.01. The zero-order valence-electron chi connectivity index (χ0n) is 14.5. The Morgan fingerprint density at radius 3 is 2.44 bits per heavy atom. The first-order chi connectivity index (χ1) is 12.1. The summed E-state index contributed by atoms with van der Waals surface area (Å²) in [4.78, 5) is 37.6. The van der Waals surface area contributed by atoms with Crippen LogP contribution in [0.15, 0.2) is 18.2 Å². The molecular formula is C16H20ClF3N4O3.